The predicted octanol–water partition coefficient (Wildman–Crippen LogP) is 0.963. The Kier molecular flexibility index (Phi) is 3.57. The quantitative estimate of drug-likeness (QED) is 0.833. The van der Waals surface area contributed by atoms with E-state index < -0.39 is 18.1 Å². The van der Waals surface area contributed by atoms with Crippen molar-refractivity contribution in [3.8, 4) is 0 Å². The highest BCUT2D eigenvalue weighted by Crippen LogP contribution is 2.22. The van der Waals surface area contributed by atoms with Crippen LogP contribution >= 0.6 is 0 Å². The van der Waals surface area contributed by atoms with E-state index in [9.17, 15) is 14.7 Å². The number of carboxylic acid groups (broad SMARTS) is 1. The van der Waals surface area contributed by atoms with Crippen molar-refractivity contribution < 1.29 is 19.8 Å². The molecule has 1 heterocycles. The highest BCUT2D eigenvalue weighted by Gasteiger charge is 2.39. The molecule has 102 valence electrons. The van der Waals surface area contributed by atoms with Gasteiger partial charge in [0, 0.05) is 18.5 Å². The van der Waals surface area contributed by atoms with Gasteiger partial charge in [-0.25, -0.2) is 4.79 Å². The van der Waals surface area contributed by atoms with Crippen molar-refractivity contribution in [1.82, 2.24) is 4.90 Å². The number of benzene rings is 1. The number of likely N-dealkylation sites (tertiary alicyclic amines) is 1. The third kappa shape index (κ3) is 2.61. The maximum Gasteiger partial charge on any atom is 0.326 e. The summed E-state index contributed by atoms with van der Waals surface area (Å²) in [6.45, 7) is 3.92. The third-order valence-corrected chi connectivity index (χ3v) is 3.58. The van der Waals surface area contributed by atoms with Crippen LogP contribution in [0.4, 0.5) is 0 Å². The highest BCUT2D eigenvalue weighted by molar-refractivity contribution is 5.97. The number of nitrogens with zero attached hydrogens (tertiary/aromatic N) is 1. The van der Waals surface area contributed by atoms with Crippen LogP contribution in [0.1, 0.15) is 27.9 Å². The molecule has 0 bridgehead atoms. The van der Waals surface area contributed by atoms with Gasteiger partial charge in [-0.05, 0) is 37.1 Å². The maximum atomic E-state index is 12.3. The standard InChI is InChI=1S/C14H17NO4/c1-8-3-4-10(5-9(8)2)13(17)15-7-11(16)6-12(15)14(18)19/h3-5,11-12,16H,6-7H2,1-2H3,(H,18,19)/t11-,12-/m1/s1. The Hall–Kier alpha value is -1.88. The number of amides is 1. The number of aryl methyl sites for hydroxylation is 2. The molecule has 2 rings (SSSR count). The number of aliphatic hydroxyl groups excluding tert-OH is 1. The van der Waals surface area contributed by atoms with Gasteiger partial charge in [-0.15, -0.1) is 0 Å². The van der Waals surface area contributed by atoms with E-state index in [-0.39, 0.29) is 18.9 Å². The molecule has 1 aromatic rings. The molecule has 0 aliphatic carbocycles. The summed E-state index contributed by atoms with van der Waals surface area (Å²) in [5.74, 6) is -1.42. The molecule has 1 aliphatic heterocycles. The summed E-state index contributed by atoms with van der Waals surface area (Å²) < 4.78 is 0. The van der Waals surface area contributed by atoms with E-state index in [1.165, 1.54) is 4.90 Å². The minimum Gasteiger partial charge on any atom is -0.480 e. The van der Waals surface area contributed by atoms with Crippen molar-refractivity contribution >= 4 is 11.9 Å². The number of carbonyl (C=O) groups excluding carboxylic acids is 1. The average Bonchev–Trinajstić information content (AvgIpc) is 2.74. The summed E-state index contributed by atoms with van der Waals surface area (Å²) in [4.78, 5) is 24.7. The molecule has 0 spiro atoms. The van der Waals surface area contributed by atoms with Gasteiger partial charge < -0.3 is 15.1 Å². The first kappa shape index (κ1) is 13.5. The fourth-order valence-corrected chi connectivity index (χ4v) is 2.31. The third-order valence-electron chi connectivity index (χ3n) is 3.58. The van der Waals surface area contributed by atoms with Crippen LogP contribution in [0.15, 0.2) is 18.2 Å². The molecule has 1 aliphatic rings. The van der Waals surface area contributed by atoms with Crippen molar-refractivity contribution in [2.24, 2.45) is 0 Å². The first-order valence-electron chi connectivity index (χ1n) is 6.19. The number of aliphatic hydroxyl groups is 1. The molecule has 1 fully saturated rings. The van der Waals surface area contributed by atoms with Crippen LogP contribution in [0.25, 0.3) is 0 Å². The largest absolute Gasteiger partial charge is 0.480 e. The lowest BCUT2D eigenvalue weighted by atomic mass is 10.1. The number of carbonyl (C=O) groups is 2. The van der Waals surface area contributed by atoms with Gasteiger partial charge in [0.2, 0.25) is 0 Å². The first-order chi connectivity index (χ1) is 8.90. The SMILES string of the molecule is Cc1ccc(C(=O)N2C[C@H](O)C[C@@H]2C(=O)O)cc1C. The molecular weight excluding hydrogens is 246 g/mol. The zero-order valence-corrected chi connectivity index (χ0v) is 11.0. The smallest absolute Gasteiger partial charge is 0.326 e. The van der Waals surface area contributed by atoms with E-state index in [2.05, 4.69) is 0 Å². The topological polar surface area (TPSA) is 77.8 Å². The lowest BCUT2D eigenvalue weighted by Crippen LogP contribution is -2.40. The molecule has 5 heteroatoms. The Morgan fingerprint density at radius 3 is 2.53 bits per heavy atom. The van der Waals surface area contributed by atoms with Gasteiger partial charge in [0.05, 0.1) is 6.10 Å². The van der Waals surface area contributed by atoms with Gasteiger partial charge in [0.15, 0.2) is 0 Å². The number of hydrogen-bond donors (Lipinski definition) is 2. The van der Waals surface area contributed by atoms with Crippen LogP contribution < -0.4 is 0 Å². The molecule has 0 saturated carbocycles. The van der Waals surface area contributed by atoms with Gasteiger partial charge in [0.1, 0.15) is 6.04 Å². The number of rotatable bonds is 2. The first-order valence-corrected chi connectivity index (χ1v) is 6.19. The van der Waals surface area contributed by atoms with Crippen molar-refractivity contribution in [3.05, 3.63) is 34.9 Å². The second kappa shape index (κ2) is 5.01. The average molecular weight is 263 g/mol. The van der Waals surface area contributed by atoms with Gasteiger partial charge in [-0.1, -0.05) is 6.07 Å². The lowest BCUT2D eigenvalue weighted by molar-refractivity contribution is -0.141. The molecule has 1 saturated heterocycles. The van der Waals surface area contributed by atoms with Crippen molar-refractivity contribution in [2.75, 3.05) is 6.54 Å². The second-order valence-corrected chi connectivity index (χ2v) is 5.00. The summed E-state index contributed by atoms with van der Waals surface area (Å²) in [6.07, 6.45) is -0.678. The van der Waals surface area contributed by atoms with Crippen molar-refractivity contribution in [1.29, 1.82) is 0 Å². The molecule has 5 nitrogen and oxygen atoms in total. The van der Waals surface area contributed by atoms with Crippen LogP contribution in [-0.2, 0) is 4.79 Å². The molecule has 1 aromatic carbocycles. The van der Waals surface area contributed by atoms with Crippen LogP contribution in [0.5, 0.6) is 0 Å². The van der Waals surface area contributed by atoms with Crippen molar-refractivity contribution in [2.45, 2.75) is 32.4 Å². The van der Waals surface area contributed by atoms with Crippen molar-refractivity contribution in [3.63, 3.8) is 0 Å². The summed E-state index contributed by atoms with van der Waals surface area (Å²) >= 11 is 0. The number of aliphatic carboxylic acids is 1. The molecule has 2 atom stereocenters. The summed E-state index contributed by atoms with van der Waals surface area (Å²) in [6, 6.07) is 4.34. The van der Waals surface area contributed by atoms with E-state index in [4.69, 9.17) is 5.11 Å². The maximum absolute atomic E-state index is 12.3. The fourth-order valence-electron chi connectivity index (χ4n) is 2.31. The minimum atomic E-state index is -1.08. The number of β-amino-alcohol motifs (C(OH)–C–C–N with tert-alkyl or cyclic N) is 1. The zero-order valence-electron chi connectivity index (χ0n) is 11.0. The summed E-state index contributed by atoms with van der Waals surface area (Å²) in [5.41, 5.74) is 2.52. The predicted molar refractivity (Wildman–Crippen MR) is 69.0 cm³/mol. The molecule has 0 radical (unpaired) electrons. The van der Waals surface area contributed by atoms with Crippen LogP contribution in [0, 0.1) is 13.8 Å². The molecule has 2 N–H and O–H groups in total. The van der Waals surface area contributed by atoms with E-state index in [0.717, 1.165) is 11.1 Å². The van der Waals surface area contributed by atoms with Crippen LogP contribution in [0.3, 0.4) is 0 Å². The lowest BCUT2D eigenvalue weighted by Gasteiger charge is -2.21. The van der Waals surface area contributed by atoms with E-state index in [1.54, 1.807) is 12.1 Å². The molecule has 19 heavy (non-hydrogen) atoms. The monoisotopic (exact) mass is 263 g/mol. The summed E-state index contributed by atoms with van der Waals surface area (Å²) in [7, 11) is 0. The van der Waals surface area contributed by atoms with Gasteiger partial charge in [0.25, 0.3) is 5.91 Å². The highest BCUT2D eigenvalue weighted by atomic mass is 16.4. The van der Waals surface area contributed by atoms with E-state index in [0.29, 0.717) is 5.56 Å². The number of carboxylic acids is 1. The van der Waals surface area contributed by atoms with Crippen LogP contribution in [0.2, 0.25) is 0 Å². The summed E-state index contributed by atoms with van der Waals surface area (Å²) in [5, 5.41) is 18.6. The molecule has 0 unspecified atom stereocenters. The van der Waals surface area contributed by atoms with Crippen LogP contribution in [-0.4, -0.2) is 45.7 Å². The second-order valence-electron chi connectivity index (χ2n) is 5.00. The normalized spacial score (nSPS) is 22.6. The Bertz CT molecular complexity index is 526. The molecular formula is C14H17NO4. The number of hydrogen-bond acceptors (Lipinski definition) is 3. The fraction of sp³-hybridized carbons (Fsp3) is 0.429. The van der Waals surface area contributed by atoms with Gasteiger partial charge in [-0.3, -0.25) is 4.79 Å². The van der Waals surface area contributed by atoms with Gasteiger partial charge >= 0.3 is 5.97 Å². The van der Waals surface area contributed by atoms with Gasteiger partial charge in [-0.2, -0.15) is 0 Å². The molecule has 1 amide bonds. The Morgan fingerprint density at radius 1 is 1.26 bits per heavy atom. The minimum absolute atomic E-state index is 0.0721. The van der Waals surface area contributed by atoms with E-state index in [1.807, 2.05) is 19.9 Å². The van der Waals surface area contributed by atoms with E-state index >= 15 is 0 Å². The molecule has 0 aromatic heterocycles. The Balaban J connectivity index is 2.27. The Labute approximate surface area is 111 Å². The zero-order chi connectivity index (χ0) is 14.2. The Morgan fingerprint density at radius 2 is 1.95 bits per heavy atom.